The minimum absolute atomic E-state index is 0.277. The summed E-state index contributed by atoms with van der Waals surface area (Å²) in [5, 5.41) is 0. The van der Waals surface area contributed by atoms with Gasteiger partial charge in [0, 0.05) is 11.5 Å². The molecule has 1 nitrogen and oxygen atoms in total. The number of rotatable bonds is 3. The van der Waals surface area contributed by atoms with Crippen molar-refractivity contribution in [1.29, 1.82) is 0 Å². The highest BCUT2D eigenvalue weighted by Crippen LogP contribution is 2.32. The highest BCUT2D eigenvalue weighted by molar-refractivity contribution is 5.98. The largest absolute Gasteiger partial charge is 0.294 e. The lowest BCUT2D eigenvalue weighted by atomic mass is 9.78. The average molecular weight is 230 g/mol. The summed E-state index contributed by atoms with van der Waals surface area (Å²) in [5.41, 5.74) is 2.09. The summed E-state index contributed by atoms with van der Waals surface area (Å²) >= 11 is 0. The van der Waals surface area contributed by atoms with Gasteiger partial charge in [0.2, 0.25) is 0 Å². The van der Waals surface area contributed by atoms with E-state index in [9.17, 15) is 4.79 Å². The van der Waals surface area contributed by atoms with E-state index in [1.165, 1.54) is 24.8 Å². The molecule has 1 aromatic rings. The third-order valence-corrected chi connectivity index (χ3v) is 4.10. The lowest BCUT2D eigenvalue weighted by Crippen LogP contribution is -2.21. The smallest absolute Gasteiger partial charge is 0.165 e. The van der Waals surface area contributed by atoms with E-state index in [-0.39, 0.29) is 5.92 Å². The van der Waals surface area contributed by atoms with Gasteiger partial charge in [0.05, 0.1) is 0 Å². The van der Waals surface area contributed by atoms with Crippen LogP contribution in [0.3, 0.4) is 0 Å². The number of benzene rings is 1. The van der Waals surface area contributed by atoms with Crippen molar-refractivity contribution in [3.05, 3.63) is 35.4 Å². The van der Waals surface area contributed by atoms with Gasteiger partial charge < -0.3 is 0 Å². The van der Waals surface area contributed by atoms with Crippen LogP contribution in [0, 0.1) is 18.8 Å². The Morgan fingerprint density at radius 1 is 1.24 bits per heavy atom. The van der Waals surface area contributed by atoms with Gasteiger partial charge in [-0.3, -0.25) is 4.79 Å². The van der Waals surface area contributed by atoms with Gasteiger partial charge in [-0.25, -0.2) is 0 Å². The minimum atomic E-state index is 0.277. The molecule has 17 heavy (non-hydrogen) atoms. The molecule has 1 aliphatic carbocycles. The van der Waals surface area contributed by atoms with Crippen LogP contribution in [0.25, 0.3) is 0 Å². The highest BCUT2D eigenvalue weighted by Gasteiger charge is 2.26. The molecule has 0 aliphatic heterocycles. The third-order valence-electron chi connectivity index (χ3n) is 4.10. The van der Waals surface area contributed by atoms with Gasteiger partial charge in [-0.15, -0.1) is 0 Å². The summed E-state index contributed by atoms with van der Waals surface area (Å²) in [5.74, 6) is 1.50. The summed E-state index contributed by atoms with van der Waals surface area (Å²) in [6.45, 7) is 4.30. The molecule has 0 radical (unpaired) electrons. The molecule has 0 saturated heterocycles. The number of hydrogen-bond acceptors (Lipinski definition) is 1. The van der Waals surface area contributed by atoms with Crippen molar-refractivity contribution in [2.75, 3.05) is 0 Å². The van der Waals surface area contributed by atoms with Gasteiger partial charge in [0.1, 0.15) is 0 Å². The monoisotopic (exact) mass is 230 g/mol. The molecule has 0 amide bonds. The van der Waals surface area contributed by atoms with Crippen molar-refractivity contribution >= 4 is 5.78 Å². The number of hydrogen-bond donors (Lipinski definition) is 0. The first kappa shape index (κ1) is 12.3. The molecule has 0 N–H and O–H groups in total. The van der Waals surface area contributed by atoms with Crippen LogP contribution < -0.4 is 0 Å². The Bertz CT molecular complexity index is 386. The highest BCUT2D eigenvalue weighted by atomic mass is 16.1. The molecule has 0 heterocycles. The summed E-state index contributed by atoms with van der Waals surface area (Å²) < 4.78 is 0. The SMILES string of the molecule is CCC1CCC(C(=O)c2cccc(C)c2)CC1. The van der Waals surface area contributed by atoms with Crippen molar-refractivity contribution in [1.82, 2.24) is 0 Å². The first-order chi connectivity index (χ1) is 8.20. The second kappa shape index (κ2) is 5.48. The molecule has 0 unspecified atom stereocenters. The Morgan fingerprint density at radius 2 is 1.94 bits per heavy atom. The normalized spacial score (nSPS) is 24.6. The zero-order valence-corrected chi connectivity index (χ0v) is 10.9. The Kier molecular flexibility index (Phi) is 3.98. The Balaban J connectivity index is 2.02. The van der Waals surface area contributed by atoms with Crippen molar-refractivity contribution < 1.29 is 4.79 Å². The Morgan fingerprint density at radius 3 is 2.53 bits per heavy atom. The number of ketones is 1. The topological polar surface area (TPSA) is 17.1 Å². The van der Waals surface area contributed by atoms with Crippen molar-refractivity contribution in [3.8, 4) is 0 Å². The number of carbonyl (C=O) groups is 1. The lowest BCUT2D eigenvalue weighted by Gasteiger charge is -2.26. The van der Waals surface area contributed by atoms with Crippen molar-refractivity contribution in [2.45, 2.75) is 46.0 Å². The molecule has 1 aliphatic rings. The number of aryl methyl sites for hydroxylation is 1. The first-order valence-electron chi connectivity index (χ1n) is 6.81. The molecule has 1 aromatic carbocycles. The Labute approximate surface area is 104 Å². The first-order valence-corrected chi connectivity index (χ1v) is 6.81. The fourth-order valence-corrected chi connectivity index (χ4v) is 2.87. The predicted molar refractivity (Wildman–Crippen MR) is 71.2 cm³/mol. The Hall–Kier alpha value is -1.11. The molecule has 1 heteroatoms. The molecule has 1 saturated carbocycles. The van der Waals surface area contributed by atoms with E-state index in [4.69, 9.17) is 0 Å². The molecule has 0 aromatic heterocycles. The fraction of sp³-hybridized carbons (Fsp3) is 0.562. The lowest BCUT2D eigenvalue weighted by molar-refractivity contribution is 0.0871. The third kappa shape index (κ3) is 2.96. The van der Waals surface area contributed by atoms with Gasteiger partial charge in [-0.1, -0.05) is 37.1 Å². The fourth-order valence-electron chi connectivity index (χ4n) is 2.87. The summed E-state index contributed by atoms with van der Waals surface area (Å²) in [6, 6.07) is 8.01. The van der Waals surface area contributed by atoms with E-state index in [0.717, 1.165) is 24.3 Å². The van der Waals surface area contributed by atoms with Gasteiger partial charge >= 0.3 is 0 Å². The zero-order chi connectivity index (χ0) is 12.3. The number of carbonyl (C=O) groups excluding carboxylic acids is 1. The van der Waals surface area contributed by atoms with Crippen LogP contribution >= 0.6 is 0 Å². The second-order valence-corrected chi connectivity index (χ2v) is 5.36. The second-order valence-electron chi connectivity index (χ2n) is 5.36. The zero-order valence-electron chi connectivity index (χ0n) is 10.9. The van der Waals surface area contributed by atoms with Gasteiger partial charge in [0.15, 0.2) is 5.78 Å². The van der Waals surface area contributed by atoms with Crippen LogP contribution in [0.2, 0.25) is 0 Å². The van der Waals surface area contributed by atoms with E-state index >= 15 is 0 Å². The molecular formula is C16H22O. The molecule has 2 rings (SSSR count). The molecule has 0 bridgehead atoms. The number of Topliss-reactive ketones (excluding diaryl/α,β-unsaturated/α-hetero) is 1. The standard InChI is InChI=1S/C16H22O/c1-3-13-7-9-14(10-8-13)16(17)15-6-4-5-12(2)11-15/h4-6,11,13-14H,3,7-10H2,1-2H3. The van der Waals surface area contributed by atoms with Crippen LogP contribution in [0.15, 0.2) is 24.3 Å². The van der Waals surface area contributed by atoms with Crippen molar-refractivity contribution in [2.24, 2.45) is 11.8 Å². The predicted octanol–water partition coefficient (Wildman–Crippen LogP) is 4.39. The van der Waals surface area contributed by atoms with Gasteiger partial charge in [-0.2, -0.15) is 0 Å². The summed E-state index contributed by atoms with van der Waals surface area (Å²) in [6.07, 6.45) is 5.92. The molecular weight excluding hydrogens is 208 g/mol. The van der Waals surface area contributed by atoms with Crippen LogP contribution in [0.4, 0.5) is 0 Å². The average Bonchev–Trinajstić information content (AvgIpc) is 2.38. The van der Waals surface area contributed by atoms with Gasteiger partial charge in [-0.05, 0) is 44.6 Å². The molecule has 0 spiro atoms. The molecule has 1 fully saturated rings. The van der Waals surface area contributed by atoms with E-state index in [2.05, 4.69) is 6.92 Å². The van der Waals surface area contributed by atoms with E-state index < -0.39 is 0 Å². The van der Waals surface area contributed by atoms with Gasteiger partial charge in [0.25, 0.3) is 0 Å². The van der Waals surface area contributed by atoms with E-state index in [0.29, 0.717) is 5.78 Å². The van der Waals surface area contributed by atoms with E-state index in [1.54, 1.807) is 0 Å². The maximum Gasteiger partial charge on any atom is 0.165 e. The summed E-state index contributed by atoms with van der Waals surface area (Å²) in [4.78, 5) is 12.3. The van der Waals surface area contributed by atoms with Crippen LogP contribution in [0.1, 0.15) is 54.9 Å². The van der Waals surface area contributed by atoms with Crippen molar-refractivity contribution in [3.63, 3.8) is 0 Å². The quantitative estimate of drug-likeness (QED) is 0.704. The maximum absolute atomic E-state index is 12.3. The molecule has 0 atom stereocenters. The van der Waals surface area contributed by atoms with Crippen LogP contribution in [-0.4, -0.2) is 5.78 Å². The maximum atomic E-state index is 12.3. The minimum Gasteiger partial charge on any atom is -0.294 e. The summed E-state index contributed by atoms with van der Waals surface area (Å²) in [7, 11) is 0. The van der Waals surface area contributed by atoms with E-state index in [1.807, 2.05) is 31.2 Å². The van der Waals surface area contributed by atoms with Crippen LogP contribution in [0.5, 0.6) is 0 Å². The molecule has 92 valence electrons. The van der Waals surface area contributed by atoms with Crippen LogP contribution in [-0.2, 0) is 0 Å².